The van der Waals surface area contributed by atoms with Crippen molar-refractivity contribution in [2.24, 2.45) is 0 Å². The molecule has 2 amide bonds. The zero-order valence-corrected chi connectivity index (χ0v) is 26.6. The molecule has 5 rings (SSSR count). The SMILES string of the molecule is CC(=O)NC1(c2ccccc2)CCN(CCCC2C(c3ccc(Cl)c(Cl)c3)OCCN2C(=O)c2ccccc2)CC1.Cl.O. The summed E-state index contributed by atoms with van der Waals surface area (Å²) in [7, 11) is 0. The summed E-state index contributed by atoms with van der Waals surface area (Å²) in [5.74, 6) is 0.0148. The van der Waals surface area contributed by atoms with Gasteiger partial charge in [-0.25, -0.2) is 0 Å². The van der Waals surface area contributed by atoms with Crippen LogP contribution in [0.1, 0.15) is 60.2 Å². The first kappa shape index (κ1) is 34.8. The maximum Gasteiger partial charge on any atom is 0.254 e. The molecule has 0 aromatic heterocycles. The highest BCUT2D eigenvalue weighted by Gasteiger charge is 2.38. The van der Waals surface area contributed by atoms with E-state index < -0.39 is 0 Å². The van der Waals surface area contributed by atoms with Gasteiger partial charge in [-0.05, 0) is 67.6 Å². The molecular weight excluding hydrogens is 609 g/mol. The van der Waals surface area contributed by atoms with Crippen LogP contribution in [0.25, 0.3) is 0 Å². The van der Waals surface area contributed by atoms with E-state index in [9.17, 15) is 9.59 Å². The van der Waals surface area contributed by atoms with Crippen LogP contribution in [-0.2, 0) is 15.1 Å². The molecule has 0 spiro atoms. The van der Waals surface area contributed by atoms with E-state index in [2.05, 4.69) is 22.3 Å². The molecule has 0 bridgehead atoms. The standard InChI is InChI=1S/C33H37Cl2N3O3.ClH.H2O/c1-24(39)36-33(27-11-6-3-7-12-27)16-19-37(20-17-33)18-8-13-30-31(26-14-15-28(34)29(35)23-26)41-22-21-38(30)32(40)25-9-4-2-5-10-25;;/h2-7,9-12,14-15,23,30-31H,8,13,16-22H2,1H3,(H,36,39);1H;1H2. The zero-order valence-electron chi connectivity index (χ0n) is 24.3. The maximum atomic E-state index is 13.6. The van der Waals surface area contributed by atoms with Crippen molar-refractivity contribution in [3.05, 3.63) is 106 Å². The third-order valence-electron chi connectivity index (χ3n) is 8.36. The van der Waals surface area contributed by atoms with Gasteiger partial charge in [0.1, 0.15) is 6.10 Å². The molecule has 43 heavy (non-hydrogen) atoms. The summed E-state index contributed by atoms with van der Waals surface area (Å²) in [6, 6.07) is 25.2. The minimum Gasteiger partial charge on any atom is -0.412 e. The van der Waals surface area contributed by atoms with Crippen LogP contribution in [0.4, 0.5) is 0 Å². The van der Waals surface area contributed by atoms with Gasteiger partial charge in [0.2, 0.25) is 5.91 Å². The molecule has 2 saturated heterocycles. The lowest BCUT2D eigenvalue weighted by molar-refractivity contribution is -0.121. The molecule has 2 atom stereocenters. The Balaban J connectivity index is 0.00000253. The fraction of sp³-hybridized carbons (Fsp3) is 0.394. The maximum absolute atomic E-state index is 13.6. The zero-order chi connectivity index (χ0) is 28.8. The molecule has 10 heteroatoms. The van der Waals surface area contributed by atoms with Crippen molar-refractivity contribution < 1.29 is 19.8 Å². The molecule has 0 saturated carbocycles. The largest absolute Gasteiger partial charge is 0.412 e. The van der Waals surface area contributed by atoms with Crippen LogP contribution in [0.2, 0.25) is 10.0 Å². The highest BCUT2D eigenvalue weighted by atomic mass is 35.5. The summed E-state index contributed by atoms with van der Waals surface area (Å²) >= 11 is 12.6. The van der Waals surface area contributed by atoms with Gasteiger partial charge in [0, 0.05) is 32.1 Å². The molecule has 232 valence electrons. The quantitative estimate of drug-likeness (QED) is 0.321. The second kappa shape index (κ2) is 15.9. The predicted octanol–water partition coefficient (Wildman–Crippen LogP) is 6.08. The first-order valence-corrected chi connectivity index (χ1v) is 15.1. The van der Waals surface area contributed by atoms with Gasteiger partial charge >= 0.3 is 0 Å². The summed E-state index contributed by atoms with van der Waals surface area (Å²) in [5.41, 5.74) is 2.43. The number of rotatable bonds is 8. The van der Waals surface area contributed by atoms with E-state index in [0.29, 0.717) is 28.8 Å². The lowest BCUT2D eigenvalue weighted by Gasteiger charge is -2.44. The van der Waals surface area contributed by atoms with Crippen molar-refractivity contribution in [2.75, 3.05) is 32.8 Å². The predicted molar refractivity (Wildman–Crippen MR) is 174 cm³/mol. The monoisotopic (exact) mass is 647 g/mol. The number of hydrogen-bond donors (Lipinski definition) is 1. The average Bonchev–Trinajstić information content (AvgIpc) is 3.00. The van der Waals surface area contributed by atoms with Crippen molar-refractivity contribution in [1.29, 1.82) is 0 Å². The number of benzene rings is 3. The molecule has 7 nitrogen and oxygen atoms in total. The molecule has 0 aliphatic carbocycles. The van der Waals surface area contributed by atoms with Gasteiger partial charge in [-0.3, -0.25) is 9.59 Å². The molecule has 2 fully saturated rings. The summed E-state index contributed by atoms with van der Waals surface area (Å²) < 4.78 is 6.29. The molecule has 2 aliphatic rings. The normalized spacial score (nSPS) is 19.9. The Labute approximate surface area is 270 Å². The Hall–Kier alpha value is -2.65. The molecule has 3 aromatic rings. The van der Waals surface area contributed by atoms with Crippen molar-refractivity contribution in [2.45, 2.75) is 50.3 Å². The molecule has 2 heterocycles. The van der Waals surface area contributed by atoms with Crippen LogP contribution in [0.3, 0.4) is 0 Å². The summed E-state index contributed by atoms with van der Waals surface area (Å²) in [6.07, 6.45) is 3.11. The smallest absolute Gasteiger partial charge is 0.254 e. The van der Waals surface area contributed by atoms with Crippen LogP contribution in [0, 0.1) is 0 Å². The number of hydrogen-bond acceptors (Lipinski definition) is 4. The van der Waals surface area contributed by atoms with Gasteiger partial charge < -0.3 is 25.3 Å². The molecule has 2 unspecified atom stereocenters. The minimum atomic E-state index is -0.335. The Morgan fingerprint density at radius 1 is 0.930 bits per heavy atom. The first-order chi connectivity index (χ1) is 19.9. The van der Waals surface area contributed by atoms with Crippen LogP contribution in [0.5, 0.6) is 0 Å². The fourth-order valence-electron chi connectivity index (χ4n) is 6.29. The first-order valence-electron chi connectivity index (χ1n) is 14.4. The number of amides is 2. The lowest BCUT2D eigenvalue weighted by atomic mass is 9.80. The van der Waals surface area contributed by atoms with E-state index in [-0.39, 0.29) is 47.4 Å². The van der Waals surface area contributed by atoms with Crippen molar-refractivity contribution in [3.8, 4) is 0 Å². The highest BCUT2D eigenvalue weighted by Crippen LogP contribution is 2.36. The summed E-state index contributed by atoms with van der Waals surface area (Å²) in [5, 5.41) is 4.23. The van der Waals surface area contributed by atoms with Gasteiger partial charge in [-0.1, -0.05) is 77.8 Å². The Kier molecular flexibility index (Phi) is 12.9. The van der Waals surface area contributed by atoms with E-state index in [0.717, 1.165) is 56.4 Å². The summed E-state index contributed by atoms with van der Waals surface area (Å²) in [6.45, 7) is 5.27. The highest BCUT2D eigenvalue weighted by molar-refractivity contribution is 6.42. The molecule has 2 aliphatic heterocycles. The van der Waals surface area contributed by atoms with Gasteiger partial charge in [0.15, 0.2) is 0 Å². The van der Waals surface area contributed by atoms with E-state index in [1.54, 1.807) is 13.0 Å². The van der Waals surface area contributed by atoms with Gasteiger partial charge in [0.05, 0.1) is 28.2 Å². The number of piperidine rings is 1. The van der Waals surface area contributed by atoms with E-state index in [4.69, 9.17) is 27.9 Å². The van der Waals surface area contributed by atoms with E-state index in [1.807, 2.05) is 65.6 Å². The second-order valence-electron chi connectivity index (χ2n) is 11.0. The van der Waals surface area contributed by atoms with Gasteiger partial charge in [-0.15, -0.1) is 12.4 Å². The number of morpholine rings is 1. The fourth-order valence-corrected chi connectivity index (χ4v) is 6.60. The van der Waals surface area contributed by atoms with Gasteiger partial charge in [-0.2, -0.15) is 0 Å². The van der Waals surface area contributed by atoms with Crippen molar-refractivity contribution >= 4 is 47.4 Å². The summed E-state index contributed by atoms with van der Waals surface area (Å²) in [4.78, 5) is 30.2. The van der Waals surface area contributed by atoms with Crippen LogP contribution >= 0.6 is 35.6 Å². The van der Waals surface area contributed by atoms with Gasteiger partial charge in [0.25, 0.3) is 5.91 Å². The molecular formula is C33H40Cl3N3O4. The topological polar surface area (TPSA) is 93.4 Å². The number of nitrogens with one attached hydrogen (secondary N) is 1. The third kappa shape index (κ3) is 8.29. The lowest BCUT2D eigenvalue weighted by Crippen LogP contribution is -2.53. The van der Waals surface area contributed by atoms with Crippen LogP contribution in [0.15, 0.2) is 78.9 Å². The second-order valence-corrected chi connectivity index (χ2v) is 11.8. The van der Waals surface area contributed by atoms with Crippen LogP contribution in [-0.4, -0.2) is 65.9 Å². The Morgan fingerprint density at radius 3 is 2.21 bits per heavy atom. The minimum absolute atomic E-state index is 0. The molecule has 0 radical (unpaired) electrons. The third-order valence-corrected chi connectivity index (χ3v) is 9.10. The van der Waals surface area contributed by atoms with Crippen molar-refractivity contribution in [3.63, 3.8) is 0 Å². The Bertz CT molecular complexity index is 1340. The number of nitrogens with zero attached hydrogens (tertiary/aromatic N) is 2. The van der Waals surface area contributed by atoms with E-state index in [1.165, 1.54) is 0 Å². The molecule has 3 N–H and O–H groups in total. The Morgan fingerprint density at radius 2 is 1.58 bits per heavy atom. The number of carbonyl (C=O) groups excluding carboxylic acids is 2. The number of ether oxygens (including phenoxy) is 1. The number of carbonyl (C=O) groups is 2. The van der Waals surface area contributed by atoms with Crippen molar-refractivity contribution in [1.82, 2.24) is 15.1 Å². The average molecular weight is 649 g/mol. The van der Waals surface area contributed by atoms with Crippen LogP contribution < -0.4 is 5.32 Å². The van der Waals surface area contributed by atoms with E-state index >= 15 is 0 Å². The number of likely N-dealkylation sites (tertiary alicyclic amines) is 1. The number of halogens is 3. The molecule has 3 aromatic carbocycles.